The third-order valence-electron chi connectivity index (χ3n) is 1.34. The molecule has 1 aromatic carbocycles. The van der Waals surface area contributed by atoms with Crippen LogP contribution in [0.3, 0.4) is 0 Å². The second-order valence-corrected chi connectivity index (χ2v) is 6.15. The molecule has 0 aromatic heterocycles. The van der Waals surface area contributed by atoms with E-state index in [1.165, 1.54) is 0 Å². The molecule has 21 heavy (non-hydrogen) atoms. The fraction of sp³-hybridized carbons (Fsp3) is 0. The summed E-state index contributed by atoms with van der Waals surface area (Å²) in [5.74, 6) is 0. The normalized spacial score (nSPS) is 15.4. The van der Waals surface area contributed by atoms with Gasteiger partial charge in [0.1, 0.15) is 0 Å². The first kappa shape index (κ1) is 23.2. The van der Waals surface area contributed by atoms with Gasteiger partial charge in [0.15, 0.2) is 0 Å². The van der Waals surface area contributed by atoms with Crippen LogP contribution in [0.5, 0.6) is 0 Å². The van der Waals surface area contributed by atoms with Crippen molar-refractivity contribution in [3.63, 3.8) is 0 Å². The van der Waals surface area contributed by atoms with Crippen molar-refractivity contribution < 1.29 is 44.7 Å². The average molecular weight is 458 g/mol. The van der Waals surface area contributed by atoms with Crippen LogP contribution in [-0.2, 0) is 19.5 Å². The van der Waals surface area contributed by atoms with E-state index < -0.39 is 7.81 Å². The van der Waals surface area contributed by atoms with Crippen molar-refractivity contribution in [2.75, 3.05) is 0 Å². The van der Waals surface area contributed by atoms with E-state index in [0.717, 1.165) is 0 Å². The van der Waals surface area contributed by atoms with E-state index in [4.69, 9.17) is 23.2 Å². The maximum Gasteiger partial charge on any atom is 1.00 e. The minimum Gasteiger partial charge on any atom is -0.0767 e. The summed E-state index contributed by atoms with van der Waals surface area (Å²) in [5, 5.41) is 1.36. The smallest absolute Gasteiger partial charge is 0.0767 e. The van der Waals surface area contributed by atoms with Gasteiger partial charge in [0.05, 0.1) is 0 Å². The first-order valence-corrected chi connectivity index (χ1v) is 7.66. The van der Waals surface area contributed by atoms with E-state index in [1.807, 2.05) is 36.8 Å². The summed E-state index contributed by atoms with van der Waals surface area (Å²) in [6, 6.07) is 7.08. The van der Waals surface area contributed by atoms with Crippen LogP contribution in [0.25, 0.3) is 0 Å². The largest absolute Gasteiger partial charge is 1.00 e. The third kappa shape index (κ3) is 28.7. The quantitative estimate of drug-likeness (QED) is 0.213. The molecule has 122 valence electrons. The third-order valence-corrected chi connectivity index (χ3v) is 1.81. The van der Waals surface area contributed by atoms with Crippen LogP contribution in [0.4, 0.5) is 25.2 Å². The van der Waals surface area contributed by atoms with Gasteiger partial charge in [-0.1, -0.05) is 53.6 Å². The standard InChI is InChI=1S/C6H4Cl2.C5H5.F6P.Ru/c7-5-2-1-3-6(8)4-5;1-2-4-5-3-1;1-7(2,3,4,5)6;/h1-4H;1-5H;;/q;;-1;+1. The van der Waals surface area contributed by atoms with Crippen LogP contribution in [-0.4, -0.2) is 0 Å². The van der Waals surface area contributed by atoms with Gasteiger partial charge in [0.25, 0.3) is 0 Å². The van der Waals surface area contributed by atoms with Crippen LogP contribution in [0, 0.1) is 6.42 Å². The minimum atomic E-state index is -10.7. The zero-order chi connectivity index (χ0) is 15.9. The van der Waals surface area contributed by atoms with Crippen molar-refractivity contribution in [2.24, 2.45) is 0 Å². The molecule has 0 N–H and O–H groups in total. The topological polar surface area (TPSA) is 0 Å². The molecule has 10 heteroatoms. The molecule has 0 aliphatic heterocycles. The molecule has 0 nitrogen and oxygen atoms in total. The van der Waals surface area contributed by atoms with E-state index in [-0.39, 0.29) is 19.5 Å². The first-order chi connectivity index (χ1) is 8.74. The van der Waals surface area contributed by atoms with Gasteiger partial charge in [-0.3, -0.25) is 0 Å². The number of hydrogen-bond donors (Lipinski definition) is 0. The van der Waals surface area contributed by atoms with Crippen molar-refractivity contribution in [3.05, 3.63) is 65.0 Å². The summed E-state index contributed by atoms with van der Waals surface area (Å²) in [7, 11) is -10.7. The van der Waals surface area contributed by atoms with Gasteiger partial charge in [-0.15, -0.1) is 0 Å². The second kappa shape index (κ2) is 7.96. The Morgan fingerprint density at radius 1 is 0.714 bits per heavy atom. The van der Waals surface area contributed by atoms with Crippen LogP contribution in [0.1, 0.15) is 0 Å². The van der Waals surface area contributed by atoms with E-state index >= 15 is 0 Å². The second-order valence-electron chi connectivity index (χ2n) is 3.36. The molecule has 0 fully saturated rings. The number of hydrogen-bond acceptors (Lipinski definition) is 0. The fourth-order valence-electron chi connectivity index (χ4n) is 0.781. The summed E-state index contributed by atoms with van der Waals surface area (Å²) in [4.78, 5) is 0. The van der Waals surface area contributed by atoms with Crippen LogP contribution < -0.4 is 0 Å². The Bertz CT molecular complexity index is 459. The summed E-state index contributed by atoms with van der Waals surface area (Å²) in [5.41, 5.74) is 0. The number of allylic oxidation sites excluding steroid dienone is 4. The zero-order valence-electron chi connectivity index (χ0n) is 10.0. The summed E-state index contributed by atoms with van der Waals surface area (Å²) in [6.07, 6.45) is 10.0. The van der Waals surface area contributed by atoms with Crippen molar-refractivity contribution >= 4 is 31.0 Å². The molecular formula is C11H9Cl2F6PRu. The average Bonchev–Trinajstić information content (AvgIpc) is 2.68. The molecule has 1 aliphatic carbocycles. The molecule has 0 spiro atoms. The molecule has 0 unspecified atom stereocenters. The SMILES string of the molecule is Clc1cccc(Cl)c1.F[P-](F)(F)(F)(F)F.[CH]1C=CC=C1.[Ru+]. The predicted octanol–water partition coefficient (Wildman–Crippen LogP) is 7.69. The molecule has 0 bridgehead atoms. The Morgan fingerprint density at radius 2 is 1.05 bits per heavy atom. The van der Waals surface area contributed by atoms with Crippen LogP contribution in [0.2, 0.25) is 10.0 Å². The van der Waals surface area contributed by atoms with Crippen molar-refractivity contribution in [1.29, 1.82) is 0 Å². The molecule has 1 aromatic rings. The van der Waals surface area contributed by atoms with E-state index in [1.54, 1.807) is 18.2 Å². The van der Waals surface area contributed by atoms with Gasteiger partial charge in [-0.05, 0) is 18.2 Å². The van der Waals surface area contributed by atoms with Gasteiger partial charge in [-0.2, -0.15) is 0 Å². The van der Waals surface area contributed by atoms with Crippen LogP contribution in [0.15, 0.2) is 48.6 Å². The van der Waals surface area contributed by atoms with Crippen molar-refractivity contribution in [3.8, 4) is 0 Å². The predicted molar refractivity (Wildman–Crippen MR) is 72.6 cm³/mol. The molecule has 0 saturated heterocycles. The molecule has 2 radical (unpaired) electrons. The summed E-state index contributed by atoms with van der Waals surface area (Å²) < 4.78 is 59.2. The van der Waals surface area contributed by atoms with Gasteiger partial charge < -0.3 is 0 Å². The Balaban J connectivity index is 0. The van der Waals surface area contributed by atoms with Gasteiger partial charge >= 0.3 is 52.5 Å². The van der Waals surface area contributed by atoms with E-state index in [2.05, 4.69) is 0 Å². The summed E-state index contributed by atoms with van der Waals surface area (Å²) >= 11 is 11.1. The van der Waals surface area contributed by atoms with Gasteiger partial charge in [-0.25, -0.2) is 0 Å². The fourth-order valence-corrected chi connectivity index (χ4v) is 1.22. The number of benzene rings is 1. The monoisotopic (exact) mass is 458 g/mol. The van der Waals surface area contributed by atoms with Gasteiger partial charge in [0.2, 0.25) is 0 Å². The molecule has 0 saturated carbocycles. The van der Waals surface area contributed by atoms with E-state index in [9.17, 15) is 25.2 Å². The van der Waals surface area contributed by atoms with Crippen molar-refractivity contribution in [1.82, 2.24) is 0 Å². The minimum absolute atomic E-state index is 0. The van der Waals surface area contributed by atoms with Crippen LogP contribution >= 0.6 is 31.0 Å². The number of halogens is 8. The zero-order valence-corrected chi connectivity index (χ0v) is 14.2. The Kier molecular flexibility index (Phi) is 8.79. The Labute approximate surface area is 140 Å². The molecule has 1 aliphatic rings. The molecular weight excluding hydrogens is 449 g/mol. The molecule has 0 atom stereocenters. The maximum atomic E-state index is 9.87. The van der Waals surface area contributed by atoms with Crippen molar-refractivity contribution in [2.45, 2.75) is 0 Å². The van der Waals surface area contributed by atoms with Gasteiger partial charge in [0, 0.05) is 16.5 Å². The maximum absolute atomic E-state index is 10.7. The first-order valence-electron chi connectivity index (χ1n) is 4.88. The van der Waals surface area contributed by atoms with E-state index in [0.29, 0.717) is 10.0 Å². The Morgan fingerprint density at radius 3 is 1.19 bits per heavy atom. The molecule has 2 rings (SSSR count). The Hall–Kier alpha value is -0.0866. The molecule has 0 heterocycles. The summed E-state index contributed by atoms with van der Waals surface area (Å²) in [6.45, 7) is 0. The molecule has 0 amide bonds. The number of rotatable bonds is 0.